The van der Waals surface area contributed by atoms with Crippen LogP contribution in [0.3, 0.4) is 0 Å². The first kappa shape index (κ1) is 20.8. The molecule has 4 rings (SSSR count). The molecule has 0 amide bonds. The zero-order valence-electron chi connectivity index (χ0n) is 18.1. The van der Waals surface area contributed by atoms with Crippen LogP contribution in [0, 0.1) is 34.5 Å². The number of ether oxygens (including phenoxy) is 1. The summed E-state index contributed by atoms with van der Waals surface area (Å²) in [6.45, 7) is 7.27. The number of carbonyl (C=O) groups excluding carboxylic acids is 3. The van der Waals surface area contributed by atoms with E-state index in [2.05, 4.69) is 19.9 Å². The van der Waals surface area contributed by atoms with Crippen molar-refractivity contribution in [3.63, 3.8) is 0 Å². The first-order chi connectivity index (χ1) is 13.5. The fourth-order valence-electron chi connectivity index (χ4n) is 7.53. The molecule has 0 radical (unpaired) electrons. The molecule has 0 saturated heterocycles. The normalized spacial score (nSPS) is 46.2. The summed E-state index contributed by atoms with van der Waals surface area (Å²) in [6.07, 6.45) is 8.13. The molecule has 0 aromatic heterocycles. The number of esters is 1. The fourth-order valence-corrected chi connectivity index (χ4v) is 7.53. The van der Waals surface area contributed by atoms with Gasteiger partial charge >= 0.3 is 5.97 Å². The highest BCUT2D eigenvalue weighted by molar-refractivity contribution is 5.91. The number of aliphatic hydroxyl groups is 1. The van der Waals surface area contributed by atoms with Crippen LogP contribution in [0.25, 0.3) is 0 Å². The molecule has 29 heavy (non-hydrogen) atoms. The molecule has 5 nitrogen and oxygen atoms in total. The van der Waals surface area contributed by atoms with Crippen LogP contribution in [0.15, 0.2) is 11.6 Å². The lowest BCUT2D eigenvalue weighted by Crippen LogP contribution is -2.58. The van der Waals surface area contributed by atoms with Crippen molar-refractivity contribution in [2.75, 3.05) is 6.61 Å². The lowest BCUT2D eigenvalue weighted by atomic mass is 9.48. The summed E-state index contributed by atoms with van der Waals surface area (Å²) in [5, 5.41) is 11.7. The molecule has 4 aliphatic rings. The second-order valence-electron chi connectivity index (χ2n) is 10.5. The van der Waals surface area contributed by atoms with E-state index in [0.717, 1.165) is 25.7 Å². The van der Waals surface area contributed by atoms with Crippen LogP contribution in [0.1, 0.15) is 72.6 Å². The molecule has 3 fully saturated rings. The topological polar surface area (TPSA) is 80.7 Å². The standard InChI is InChI=1S/C24H34O5/c1-14-11-20-18-6-5-16-12-17(26)7-9-22(16,3)19(18)8-10-23(20,4)24(14,28)21(27)13-29-15(2)25/h8,14,16,18,20,28H,5-7,9-13H2,1-4H3/t14-,16+,18-,20-,22+,23+,24+/m0/s1. The van der Waals surface area contributed by atoms with Gasteiger partial charge in [0.25, 0.3) is 0 Å². The summed E-state index contributed by atoms with van der Waals surface area (Å²) in [5.74, 6) is 0.376. The van der Waals surface area contributed by atoms with Crippen LogP contribution in [0.2, 0.25) is 0 Å². The number of rotatable bonds is 3. The molecular formula is C24H34O5. The number of fused-ring (bicyclic) bond motifs is 5. The Hall–Kier alpha value is -1.49. The Morgan fingerprint density at radius 1 is 1.28 bits per heavy atom. The second kappa shape index (κ2) is 6.76. The molecule has 4 aliphatic carbocycles. The van der Waals surface area contributed by atoms with Crippen LogP contribution in [0.4, 0.5) is 0 Å². The van der Waals surface area contributed by atoms with Gasteiger partial charge in [0.1, 0.15) is 11.4 Å². The minimum Gasteiger partial charge on any atom is -0.458 e. The van der Waals surface area contributed by atoms with Crippen LogP contribution >= 0.6 is 0 Å². The molecule has 160 valence electrons. The SMILES string of the molecule is CC(=O)OCC(=O)[C@]1(O)[C@@H](C)C[C@H]2[C@H]3CC[C@@H]4CC(=O)CC[C@@]4(C)C3=CC[C@]21C. The Morgan fingerprint density at radius 2 is 2.00 bits per heavy atom. The summed E-state index contributed by atoms with van der Waals surface area (Å²) in [6, 6.07) is 0. The molecule has 7 atom stereocenters. The van der Waals surface area contributed by atoms with Gasteiger partial charge in [0.15, 0.2) is 6.61 Å². The van der Waals surface area contributed by atoms with Gasteiger partial charge in [-0.05, 0) is 61.2 Å². The monoisotopic (exact) mass is 402 g/mol. The van der Waals surface area contributed by atoms with Crippen LogP contribution in [-0.2, 0) is 19.1 Å². The van der Waals surface area contributed by atoms with Crippen molar-refractivity contribution < 1.29 is 24.2 Å². The third-order valence-corrected chi connectivity index (χ3v) is 9.26. The number of ketones is 2. The van der Waals surface area contributed by atoms with E-state index in [1.54, 1.807) is 0 Å². The Morgan fingerprint density at radius 3 is 2.69 bits per heavy atom. The van der Waals surface area contributed by atoms with Gasteiger partial charge in [0.2, 0.25) is 5.78 Å². The Labute approximate surface area is 173 Å². The van der Waals surface area contributed by atoms with Gasteiger partial charge in [-0.15, -0.1) is 0 Å². The first-order valence-electron chi connectivity index (χ1n) is 11.2. The average Bonchev–Trinajstić information content (AvgIpc) is 2.88. The first-order valence-corrected chi connectivity index (χ1v) is 11.2. The Bertz CT molecular complexity index is 784. The highest BCUT2D eigenvalue weighted by Crippen LogP contribution is 2.67. The third kappa shape index (κ3) is 2.79. The molecule has 0 heterocycles. The van der Waals surface area contributed by atoms with Crippen molar-refractivity contribution in [3.05, 3.63) is 11.6 Å². The van der Waals surface area contributed by atoms with Gasteiger partial charge in [-0.2, -0.15) is 0 Å². The van der Waals surface area contributed by atoms with Gasteiger partial charge < -0.3 is 9.84 Å². The van der Waals surface area contributed by atoms with Crippen LogP contribution in [0.5, 0.6) is 0 Å². The van der Waals surface area contributed by atoms with Gasteiger partial charge in [0, 0.05) is 25.2 Å². The minimum absolute atomic E-state index is 0.0733. The molecule has 3 saturated carbocycles. The molecule has 1 N–H and O–H groups in total. The molecule has 0 bridgehead atoms. The maximum atomic E-state index is 13.0. The van der Waals surface area contributed by atoms with E-state index in [-0.39, 0.29) is 29.6 Å². The largest absolute Gasteiger partial charge is 0.458 e. The maximum Gasteiger partial charge on any atom is 0.303 e. The highest BCUT2D eigenvalue weighted by Gasteiger charge is 2.67. The molecule has 0 aromatic rings. The smallest absolute Gasteiger partial charge is 0.303 e. The van der Waals surface area contributed by atoms with Crippen molar-refractivity contribution in [1.82, 2.24) is 0 Å². The summed E-state index contributed by atoms with van der Waals surface area (Å²) in [7, 11) is 0. The lowest BCUT2D eigenvalue weighted by molar-refractivity contribution is -0.167. The zero-order valence-corrected chi connectivity index (χ0v) is 18.1. The summed E-state index contributed by atoms with van der Waals surface area (Å²) < 4.78 is 4.96. The predicted molar refractivity (Wildman–Crippen MR) is 108 cm³/mol. The number of hydrogen-bond donors (Lipinski definition) is 1. The number of Topliss-reactive ketones (excluding diaryl/α,β-unsaturated/α-hetero) is 2. The summed E-state index contributed by atoms with van der Waals surface area (Å²) in [5.41, 5.74) is -0.474. The van der Waals surface area contributed by atoms with Crippen molar-refractivity contribution in [2.24, 2.45) is 34.5 Å². The maximum absolute atomic E-state index is 13.0. The highest BCUT2D eigenvalue weighted by atomic mass is 16.5. The molecule has 0 aromatic carbocycles. The predicted octanol–water partition coefficient (Wildman–Crippen LogP) is 3.63. The van der Waals surface area contributed by atoms with Crippen molar-refractivity contribution in [3.8, 4) is 0 Å². The zero-order chi connectivity index (χ0) is 21.2. The molecule has 5 heteroatoms. The van der Waals surface area contributed by atoms with Gasteiger partial charge in [-0.1, -0.05) is 32.4 Å². The summed E-state index contributed by atoms with van der Waals surface area (Å²) in [4.78, 5) is 36.3. The van der Waals surface area contributed by atoms with Crippen molar-refractivity contribution in [1.29, 1.82) is 0 Å². The number of hydrogen-bond acceptors (Lipinski definition) is 5. The van der Waals surface area contributed by atoms with E-state index in [4.69, 9.17) is 4.74 Å². The summed E-state index contributed by atoms with van der Waals surface area (Å²) >= 11 is 0. The van der Waals surface area contributed by atoms with E-state index in [9.17, 15) is 19.5 Å². The Balaban J connectivity index is 1.67. The number of allylic oxidation sites excluding steroid dienone is 2. The molecular weight excluding hydrogens is 368 g/mol. The van der Waals surface area contributed by atoms with Crippen molar-refractivity contribution >= 4 is 17.5 Å². The Kier molecular flexibility index (Phi) is 4.84. The third-order valence-electron chi connectivity index (χ3n) is 9.26. The molecule has 0 unspecified atom stereocenters. The fraction of sp³-hybridized carbons (Fsp3) is 0.792. The number of carbonyl (C=O) groups is 3. The van der Waals surface area contributed by atoms with Gasteiger partial charge in [-0.3, -0.25) is 14.4 Å². The van der Waals surface area contributed by atoms with E-state index in [1.807, 2.05) is 6.92 Å². The average molecular weight is 403 g/mol. The second-order valence-corrected chi connectivity index (χ2v) is 10.5. The van der Waals surface area contributed by atoms with Crippen molar-refractivity contribution in [2.45, 2.75) is 78.2 Å². The van der Waals surface area contributed by atoms with Crippen LogP contribution in [-0.4, -0.2) is 34.9 Å². The quantitative estimate of drug-likeness (QED) is 0.576. The molecule has 0 spiro atoms. The van der Waals surface area contributed by atoms with Gasteiger partial charge in [-0.25, -0.2) is 0 Å². The lowest BCUT2D eigenvalue weighted by Gasteiger charge is -2.56. The van der Waals surface area contributed by atoms with Gasteiger partial charge in [0.05, 0.1) is 0 Å². The minimum atomic E-state index is -1.48. The van der Waals surface area contributed by atoms with E-state index in [0.29, 0.717) is 36.9 Å². The van der Waals surface area contributed by atoms with E-state index >= 15 is 0 Å². The van der Waals surface area contributed by atoms with Crippen LogP contribution < -0.4 is 0 Å². The van der Waals surface area contributed by atoms with E-state index < -0.39 is 17.0 Å². The molecule has 0 aliphatic heterocycles. The van der Waals surface area contributed by atoms with E-state index in [1.165, 1.54) is 12.5 Å².